The number of para-hydroxylation sites is 1. The second-order valence-electron chi connectivity index (χ2n) is 4.87. The molecule has 20 heavy (non-hydrogen) atoms. The summed E-state index contributed by atoms with van der Waals surface area (Å²) in [5, 5.41) is 9.05. The molecule has 4 heteroatoms. The molecule has 0 spiro atoms. The summed E-state index contributed by atoms with van der Waals surface area (Å²) in [4.78, 5) is 24.9. The van der Waals surface area contributed by atoms with E-state index in [1.807, 2.05) is 24.3 Å². The number of carboxylic acids is 1. The highest BCUT2D eigenvalue weighted by atomic mass is 16.4. The van der Waals surface area contributed by atoms with E-state index in [9.17, 15) is 9.59 Å². The van der Waals surface area contributed by atoms with E-state index in [0.29, 0.717) is 25.0 Å². The molecule has 4 nitrogen and oxygen atoms in total. The molecule has 1 amide bonds. The maximum Gasteiger partial charge on any atom is 0.331 e. The lowest BCUT2D eigenvalue weighted by Crippen LogP contribution is -2.30. The van der Waals surface area contributed by atoms with E-state index in [0.717, 1.165) is 24.1 Å². The zero-order valence-corrected chi connectivity index (χ0v) is 11.6. The Morgan fingerprint density at radius 1 is 1.35 bits per heavy atom. The smallest absolute Gasteiger partial charge is 0.331 e. The van der Waals surface area contributed by atoms with Crippen LogP contribution in [-0.2, 0) is 16.0 Å². The van der Waals surface area contributed by atoms with Crippen molar-refractivity contribution in [2.24, 2.45) is 0 Å². The Labute approximate surface area is 118 Å². The van der Waals surface area contributed by atoms with Crippen LogP contribution >= 0.6 is 0 Å². The first kappa shape index (κ1) is 14.3. The Hall–Kier alpha value is -2.10. The predicted molar refractivity (Wildman–Crippen MR) is 77.7 cm³/mol. The summed E-state index contributed by atoms with van der Waals surface area (Å²) in [6, 6.07) is 7.84. The number of anilines is 1. The van der Waals surface area contributed by atoms with Gasteiger partial charge in [-0.05, 0) is 30.9 Å². The summed E-state index contributed by atoms with van der Waals surface area (Å²) >= 11 is 0. The van der Waals surface area contributed by atoms with Crippen LogP contribution in [0.3, 0.4) is 0 Å². The number of carboxylic acid groups (broad SMARTS) is 1. The first-order chi connectivity index (χ1) is 9.63. The monoisotopic (exact) mass is 273 g/mol. The Kier molecular flexibility index (Phi) is 4.56. The van der Waals surface area contributed by atoms with Gasteiger partial charge in [0.05, 0.1) is 0 Å². The minimum Gasteiger partial charge on any atom is -0.478 e. The fourth-order valence-corrected chi connectivity index (χ4v) is 2.47. The van der Waals surface area contributed by atoms with Gasteiger partial charge >= 0.3 is 5.97 Å². The quantitative estimate of drug-likeness (QED) is 0.858. The Morgan fingerprint density at radius 2 is 2.10 bits per heavy atom. The first-order valence-electron chi connectivity index (χ1n) is 6.94. The van der Waals surface area contributed by atoms with E-state index < -0.39 is 5.97 Å². The number of aliphatic carboxylic acids is 1. The second kappa shape index (κ2) is 6.37. The van der Waals surface area contributed by atoms with Crippen molar-refractivity contribution >= 4 is 17.6 Å². The van der Waals surface area contributed by atoms with Gasteiger partial charge in [0, 0.05) is 24.2 Å². The molecule has 0 aliphatic carbocycles. The molecule has 0 fully saturated rings. The molecule has 0 saturated carbocycles. The molecule has 1 N–H and O–H groups in total. The van der Waals surface area contributed by atoms with E-state index in [2.05, 4.69) is 0 Å². The fourth-order valence-electron chi connectivity index (χ4n) is 2.47. The number of amides is 1. The van der Waals surface area contributed by atoms with Crippen LogP contribution in [0.5, 0.6) is 0 Å². The largest absolute Gasteiger partial charge is 0.478 e. The van der Waals surface area contributed by atoms with Crippen LogP contribution in [0, 0.1) is 0 Å². The number of nitrogens with zero attached hydrogens (tertiary/aromatic N) is 1. The van der Waals surface area contributed by atoms with E-state index in [-0.39, 0.29) is 5.91 Å². The molecule has 1 aromatic rings. The lowest BCUT2D eigenvalue weighted by molar-refractivity contribution is -0.132. The molecule has 0 atom stereocenters. The van der Waals surface area contributed by atoms with Gasteiger partial charge in [0.25, 0.3) is 0 Å². The number of hydrogen-bond acceptors (Lipinski definition) is 2. The van der Waals surface area contributed by atoms with Gasteiger partial charge in [-0.15, -0.1) is 0 Å². The van der Waals surface area contributed by atoms with Crippen molar-refractivity contribution < 1.29 is 14.7 Å². The van der Waals surface area contributed by atoms with Gasteiger partial charge in [0.15, 0.2) is 0 Å². The van der Waals surface area contributed by atoms with Crippen molar-refractivity contribution in [1.82, 2.24) is 0 Å². The van der Waals surface area contributed by atoms with Crippen LogP contribution in [0.4, 0.5) is 5.69 Å². The maximum absolute atomic E-state index is 12.2. The van der Waals surface area contributed by atoms with E-state index >= 15 is 0 Å². The molecule has 0 saturated heterocycles. The zero-order chi connectivity index (χ0) is 14.5. The van der Waals surface area contributed by atoms with Gasteiger partial charge < -0.3 is 10.0 Å². The number of hydrogen-bond donors (Lipinski definition) is 1. The highest BCUT2D eigenvalue weighted by Crippen LogP contribution is 2.26. The summed E-state index contributed by atoms with van der Waals surface area (Å²) in [6.07, 6.45) is 4.34. The van der Waals surface area contributed by atoms with E-state index in [1.54, 1.807) is 17.9 Å². The average Bonchev–Trinajstić information content (AvgIpc) is 2.59. The van der Waals surface area contributed by atoms with Crippen LogP contribution in [0.2, 0.25) is 0 Å². The summed E-state index contributed by atoms with van der Waals surface area (Å²) in [5.74, 6) is -0.852. The molecule has 1 aliphatic rings. The fraction of sp³-hybridized carbons (Fsp3) is 0.375. The third-order valence-electron chi connectivity index (χ3n) is 3.60. The summed E-state index contributed by atoms with van der Waals surface area (Å²) in [6.45, 7) is 2.13. The Balaban J connectivity index is 2.29. The molecule has 0 unspecified atom stereocenters. The molecular weight excluding hydrogens is 254 g/mol. The molecule has 1 aliphatic heterocycles. The SMILES string of the molecule is CCC(=CCN1C(=O)CCCc2ccccc21)C(=O)O. The maximum atomic E-state index is 12.2. The third kappa shape index (κ3) is 3.07. The van der Waals surface area contributed by atoms with E-state index in [4.69, 9.17) is 5.11 Å². The minimum atomic E-state index is -0.914. The summed E-state index contributed by atoms with van der Waals surface area (Å²) in [7, 11) is 0. The predicted octanol–water partition coefficient (Wildman–Crippen LogP) is 2.78. The molecule has 0 radical (unpaired) electrons. The topological polar surface area (TPSA) is 57.6 Å². The molecule has 1 heterocycles. The average molecular weight is 273 g/mol. The van der Waals surface area contributed by atoms with Crippen molar-refractivity contribution in [2.45, 2.75) is 32.6 Å². The van der Waals surface area contributed by atoms with Crippen molar-refractivity contribution in [2.75, 3.05) is 11.4 Å². The Morgan fingerprint density at radius 3 is 2.80 bits per heavy atom. The number of benzene rings is 1. The van der Waals surface area contributed by atoms with Gasteiger partial charge in [-0.3, -0.25) is 4.79 Å². The molecular formula is C16H19NO3. The minimum absolute atomic E-state index is 0.0621. The highest BCUT2D eigenvalue weighted by Gasteiger charge is 2.21. The summed E-state index contributed by atoms with van der Waals surface area (Å²) in [5.41, 5.74) is 2.41. The summed E-state index contributed by atoms with van der Waals surface area (Å²) < 4.78 is 0. The molecule has 2 rings (SSSR count). The number of fused-ring (bicyclic) bond motifs is 1. The standard InChI is InChI=1S/C16H19NO3/c1-2-12(16(19)20)10-11-17-14-8-4-3-6-13(14)7-5-9-15(17)18/h3-4,6,8,10H,2,5,7,9,11H2,1H3,(H,19,20). The highest BCUT2D eigenvalue weighted by molar-refractivity contribution is 5.95. The van der Waals surface area contributed by atoms with Crippen LogP contribution < -0.4 is 4.90 Å². The number of aryl methyl sites for hydroxylation is 1. The second-order valence-corrected chi connectivity index (χ2v) is 4.87. The number of carbonyl (C=O) groups is 2. The van der Waals surface area contributed by atoms with Crippen LogP contribution in [0.1, 0.15) is 31.7 Å². The van der Waals surface area contributed by atoms with Gasteiger partial charge in [0.2, 0.25) is 5.91 Å². The van der Waals surface area contributed by atoms with Crippen molar-refractivity contribution in [1.29, 1.82) is 0 Å². The molecule has 1 aromatic carbocycles. The van der Waals surface area contributed by atoms with Gasteiger partial charge in [-0.25, -0.2) is 4.79 Å². The lowest BCUT2D eigenvalue weighted by Gasteiger charge is -2.21. The molecule has 0 bridgehead atoms. The van der Waals surface area contributed by atoms with E-state index in [1.165, 1.54) is 0 Å². The number of carbonyl (C=O) groups excluding carboxylic acids is 1. The normalized spacial score (nSPS) is 15.8. The molecule has 0 aromatic heterocycles. The van der Waals surface area contributed by atoms with Crippen LogP contribution in [0.15, 0.2) is 35.9 Å². The van der Waals surface area contributed by atoms with Crippen LogP contribution in [0.25, 0.3) is 0 Å². The van der Waals surface area contributed by atoms with Gasteiger partial charge in [-0.1, -0.05) is 31.2 Å². The van der Waals surface area contributed by atoms with Gasteiger partial charge in [-0.2, -0.15) is 0 Å². The zero-order valence-electron chi connectivity index (χ0n) is 11.6. The van der Waals surface area contributed by atoms with Crippen molar-refractivity contribution in [3.63, 3.8) is 0 Å². The van der Waals surface area contributed by atoms with Crippen LogP contribution in [-0.4, -0.2) is 23.5 Å². The number of rotatable bonds is 4. The van der Waals surface area contributed by atoms with Gasteiger partial charge in [0.1, 0.15) is 0 Å². The Bertz CT molecular complexity index is 548. The van der Waals surface area contributed by atoms with Crippen molar-refractivity contribution in [3.8, 4) is 0 Å². The lowest BCUT2D eigenvalue weighted by atomic mass is 10.1. The molecule has 106 valence electrons. The third-order valence-corrected chi connectivity index (χ3v) is 3.60. The van der Waals surface area contributed by atoms with Crippen molar-refractivity contribution in [3.05, 3.63) is 41.5 Å². The first-order valence-corrected chi connectivity index (χ1v) is 6.94.